The summed E-state index contributed by atoms with van der Waals surface area (Å²) in [5.74, 6) is 1.06. The number of halogens is 3. The second-order valence-electron chi connectivity index (χ2n) is 21.3. The molecular weight excluding hydrogens is 1280 g/mol. The minimum absolute atomic E-state index is 0.00570. The molecule has 3 heterocycles. The molecule has 17 nitrogen and oxygen atoms in total. The van der Waals surface area contributed by atoms with Gasteiger partial charge in [0, 0.05) is 28.6 Å². The summed E-state index contributed by atoms with van der Waals surface area (Å²) in [6.45, 7) is 2.54. The number of phenols is 1. The van der Waals surface area contributed by atoms with Gasteiger partial charge in [0.15, 0.2) is 11.6 Å². The Bertz CT molecular complexity index is 4500. The van der Waals surface area contributed by atoms with Crippen molar-refractivity contribution in [1.29, 1.82) is 0 Å². The Balaban J connectivity index is 0.967. The molecule has 0 aliphatic heterocycles. The number of hydrogen-bond donors (Lipinski definition) is 1. The van der Waals surface area contributed by atoms with Crippen LogP contribution in [-0.2, 0) is 47.2 Å². The van der Waals surface area contributed by atoms with E-state index in [1.807, 2.05) is 110 Å². The summed E-state index contributed by atoms with van der Waals surface area (Å²) >= 11 is 16.0. The Morgan fingerprint density at radius 3 is 2.01 bits per heavy atom. The smallest absolute Gasteiger partial charge is 0.347 e. The molecule has 3 aromatic heterocycles. The third-order valence-corrected chi connectivity index (χ3v) is 18.2. The molecule has 0 aliphatic carbocycles. The third kappa shape index (κ3) is 14.7. The molecule has 11 rings (SSSR count). The number of fused-ring (bicyclic) bond motifs is 1. The molecule has 0 bridgehead atoms. The lowest BCUT2D eigenvalue weighted by atomic mass is 9.80. The van der Waals surface area contributed by atoms with Crippen molar-refractivity contribution in [3.63, 3.8) is 0 Å². The molecule has 22 heteroatoms. The number of phenolic OH excluding ortho intramolecular Hbond substituents is 1. The number of carbonyl (C=O) groups is 1. The van der Waals surface area contributed by atoms with Crippen LogP contribution >= 0.6 is 34.5 Å². The monoisotopic (exact) mass is 1340 g/mol. The summed E-state index contributed by atoms with van der Waals surface area (Å²) < 4.78 is 97.9. The molecule has 11 aromatic rings. The second kappa shape index (κ2) is 29.5. The molecule has 94 heavy (non-hydrogen) atoms. The first-order valence-electron chi connectivity index (χ1n) is 29.4. The van der Waals surface area contributed by atoms with E-state index in [1.54, 1.807) is 83.0 Å². The molecule has 0 fully saturated rings. The maximum absolute atomic E-state index is 14.7. The van der Waals surface area contributed by atoms with E-state index in [0.29, 0.717) is 94.1 Å². The van der Waals surface area contributed by atoms with Gasteiger partial charge >= 0.3 is 5.97 Å². The van der Waals surface area contributed by atoms with Crippen LogP contribution in [-0.4, -0.2) is 92.8 Å². The molecule has 0 saturated carbocycles. The van der Waals surface area contributed by atoms with Gasteiger partial charge in [0.05, 0.1) is 66.1 Å². The summed E-state index contributed by atoms with van der Waals surface area (Å²) in [6.07, 6.45) is 0.0464. The Labute approximate surface area is 556 Å². The molecule has 0 spiro atoms. The van der Waals surface area contributed by atoms with E-state index in [-0.39, 0.29) is 58.6 Å². The normalized spacial score (nSPS) is 12.2. The summed E-state index contributed by atoms with van der Waals surface area (Å²) in [6, 6.07) is 53.1. The molecular formula is C72H61Cl2FN4O13S2. The number of methoxy groups -OCH3 is 3. The number of nitrogens with zero attached hydrogens (tertiary/aromatic N) is 4. The van der Waals surface area contributed by atoms with Gasteiger partial charge in [-0.2, -0.15) is 8.42 Å². The Morgan fingerprint density at radius 2 is 1.35 bits per heavy atom. The van der Waals surface area contributed by atoms with E-state index in [1.165, 1.54) is 54.1 Å². The van der Waals surface area contributed by atoms with Gasteiger partial charge in [0.1, 0.15) is 70.6 Å². The minimum atomic E-state index is -4.40. The quantitative estimate of drug-likeness (QED) is 0.0289. The van der Waals surface area contributed by atoms with Crippen molar-refractivity contribution in [2.75, 3.05) is 41.2 Å². The molecule has 1 N–H and O–H groups in total. The van der Waals surface area contributed by atoms with Crippen molar-refractivity contribution in [3.05, 3.63) is 250 Å². The molecule has 8 aromatic carbocycles. The van der Waals surface area contributed by atoms with Crippen LogP contribution in [0.25, 0.3) is 43.2 Å². The van der Waals surface area contributed by atoms with Crippen molar-refractivity contribution in [2.24, 2.45) is 0 Å². The van der Waals surface area contributed by atoms with Crippen LogP contribution in [0.15, 0.2) is 205 Å². The number of para-hydroxylation sites is 1. The zero-order valence-electron chi connectivity index (χ0n) is 51.3. The molecule has 0 radical (unpaired) electrons. The average Bonchev–Trinajstić information content (AvgIpc) is 1.28. The molecule has 2 atom stereocenters. The van der Waals surface area contributed by atoms with Crippen molar-refractivity contribution in [1.82, 2.24) is 19.9 Å². The van der Waals surface area contributed by atoms with Crippen LogP contribution < -0.4 is 28.4 Å². The Morgan fingerprint density at radius 1 is 0.691 bits per heavy atom. The number of thiophene rings is 1. The van der Waals surface area contributed by atoms with E-state index in [9.17, 15) is 22.7 Å². The van der Waals surface area contributed by atoms with E-state index < -0.39 is 46.3 Å². The Kier molecular flexibility index (Phi) is 20.7. The zero-order valence-corrected chi connectivity index (χ0v) is 54.5. The summed E-state index contributed by atoms with van der Waals surface area (Å²) in [4.78, 5) is 33.5. The van der Waals surface area contributed by atoms with Gasteiger partial charge in [0.25, 0.3) is 10.1 Å². The van der Waals surface area contributed by atoms with Gasteiger partial charge in [-0.05, 0) is 139 Å². The van der Waals surface area contributed by atoms with E-state index in [0.717, 1.165) is 5.56 Å². The molecule has 480 valence electrons. The highest BCUT2D eigenvalue weighted by Gasteiger charge is 2.40. The van der Waals surface area contributed by atoms with Gasteiger partial charge in [0.2, 0.25) is 12.0 Å². The van der Waals surface area contributed by atoms with Gasteiger partial charge in [-0.25, -0.2) is 29.1 Å². The predicted molar refractivity (Wildman–Crippen MR) is 356 cm³/mol. The number of rotatable bonds is 27. The largest absolute Gasteiger partial charge is 0.508 e. The lowest BCUT2D eigenvalue weighted by Gasteiger charge is -2.37. The number of hydrogen-bond acceptors (Lipinski definition) is 18. The standard InChI is InChI=1S/C72H61Cl2FN4O13S2/c1-6-87-71(81)63(39-46-36-53(80)26-33-61(46)88-40-52-34-35-76-68(79-52)58-14-10-11-15-62(58)86-5)92-69-65-64(67(93-70(65)78-43-77-69)45-18-24-51(75)25-19-45)47-37-59(73)66(60(74)38-47)91-56(42-90-94(82,83)57-31-16-44(2)17-32-57)41-89-72(48-12-8-7-9-13-48,49-20-27-54(84-3)28-21-49)50-22-29-55(85-4)30-23-50/h7-38,43,56,63,80H,6,39-42H2,1-5H3/t56-,63-/m1/s1. The summed E-state index contributed by atoms with van der Waals surface area (Å²) in [5.41, 5.74) is 4.51. The fourth-order valence-corrected chi connectivity index (χ4v) is 13.3. The van der Waals surface area contributed by atoms with Crippen molar-refractivity contribution in [2.45, 2.75) is 49.6 Å². The SMILES string of the molecule is CCOC(=O)[C@@H](Cc1cc(O)ccc1OCc1ccnc(-c2ccccc2OC)n1)Oc1ncnc2sc(-c3ccc(F)cc3)c(-c3cc(Cl)c(O[C@H](COC(c4ccccc4)(c4ccc(OC)cc4)c4ccc(OC)cc4)COS(=O)(=O)c4ccc(C)cc4)c(Cl)c3)c12. The van der Waals surface area contributed by atoms with Gasteiger partial charge in [-0.15, -0.1) is 11.3 Å². The number of aromatic hydroxyl groups is 1. The number of ether oxygens (including phenoxy) is 8. The predicted octanol–water partition coefficient (Wildman–Crippen LogP) is 15.3. The van der Waals surface area contributed by atoms with Crippen molar-refractivity contribution >= 4 is 60.8 Å². The minimum Gasteiger partial charge on any atom is -0.508 e. The fourth-order valence-electron chi connectivity index (χ4n) is 10.6. The van der Waals surface area contributed by atoms with Crippen molar-refractivity contribution in [3.8, 4) is 73.3 Å². The average molecular weight is 1340 g/mol. The third-order valence-electron chi connectivity index (χ3n) is 15.2. The number of carbonyl (C=O) groups excluding carboxylic acids is 1. The van der Waals surface area contributed by atoms with E-state index >= 15 is 0 Å². The lowest BCUT2D eigenvalue weighted by molar-refractivity contribution is -0.151. The summed E-state index contributed by atoms with van der Waals surface area (Å²) in [5, 5.41) is 11.1. The first-order chi connectivity index (χ1) is 45.6. The molecule has 0 unspecified atom stereocenters. The number of aromatic nitrogens is 4. The fraction of sp³-hybridized carbons (Fsp3) is 0.181. The molecule has 0 saturated heterocycles. The number of aryl methyl sites for hydroxylation is 1. The van der Waals surface area contributed by atoms with E-state index in [4.69, 9.17) is 70.3 Å². The van der Waals surface area contributed by atoms with Crippen LogP contribution in [0.5, 0.6) is 40.4 Å². The zero-order chi connectivity index (χ0) is 65.9. The first-order valence-corrected chi connectivity index (χ1v) is 32.4. The second-order valence-corrected chi connectivity index (χ2v) is 24.7. The van der Waals surface area contributed by atoms with Gasteiger partial charge in [-0.3, -0.25) is 4.18 Å². The molecule has 0 aliphatic rings. The first kappa shape index (κ1) is 65.8. The highest BCUT2D eigenvalue weighted by Crippen LogP contribution is 2.50. The van der Waals surface area contributed by atoms with Gasteiger partial charge < -0.3 is 43.0 Å². The van der Waals surface area contributed by atoms with E-state index in [2.05, 4.69) is 15.0 Å². The van der Waals surface area contributed by atoms with Crippen LogP contribution in [0.4, 0.5) is 4.39 Å². The number of benzene rings is 8. The number of esters is 1. The van der Waals surface area contributed by atoms with Crippen LogP contribution in [0, 0.1) is 12.7 Å². The highest BCUT2D eigenvalue weighted by molar-refractivity contribution is 7.86. The lowest BCUT2D eigenvalue weighted by Crippen LogP contribution is -2.39. The molecule has 0 amide bonds. The van der Waals surface area contributed by atoms with Crippen LogP contribution in [0.1, 0.15) is 40.4 Å². The van der Waals surface area contributed by atoms with Crippen LogP contribution in [0.2, 0.25) is 10.0 Å². The van der Waals surface area contributed by atoms with Gasteiger partial charge in [-0.1, -0.05) is 120 Å². The maximum Gasteiger partial charge on any atom is 0.347 e. The van der Waals surface area contributed by atoms with Crippen molar-refractivity contribution < 1.29 is 64.8 Å². The van der Waals surface area contributed by atoms with Crippen LogP contribution in [0.3, 0.4) is 0 Å². The topological polar surface area (TPSA) is 206 Å². The highest BCUT2D eigenvalue weighted by atomic mass is 35.5. The Hall–Kier alpha value is -9.67. The summed E-state index contributed by atoms with van der Waals surface area (Å²) in [7, 11) is 0.313. The maximum atomic E-state index is 14.7.